The van der Waals surface area contributed by atoms with Crippen LogP contribution < -0.4 is 4.74 Å². The van der Waals surface area contributed by atoms with Crippen LogP contribution in [-0.2, 0) is 15.6 Å². The van der Waals surface area contributed by atoms with E-state index in [0.29, 0.717) is 12.2 Å². The molecular formula is C29H27BrN2O2. The van der Waals surface area contributed by atoms with Gasteiger partial charge in [-0.3, -0.25) is 4.79 Å². The monoisotopic (exact) mass is 514 g/mol. The van der Waals surface area contributed by atoms with E-state index in [1.165, 1.54) is 11.1 Å². The largest absolute Gasteiger partial charge is 0.425 e. The molecular weight excluding hydrogens is 488 g/mol. The predicted molar refractivity (Wildman–Crippen MR) is 138 cm³/mol. The van der Waals surface area contributed by atoms with Crippen molar-refractivity contribution in [2.75, 3.05) is 0 Å². The lowest BCUT2D eigenvalue weighted by Crippen LogP contribution is -2.48. The summed E-state index contributed by atoms with van der Waals surface area (Å²) in [5, 5.41) is 2.11. The predicted octanol–water partition coefficient (Wildman–Crippen LogP) is 7.10. The van der Waals surface area contributed by atoms with E-state index in [1.807, 2.05) is 36.4 Å². The Morgan fingerprint density at radius 2 is 1.56 bits per heavy atom. The third-order valence-corrected chi connectivity index (χ3v) is 9.85. The van der Waals surface area contributed by atoms with Gasteiger partial charge in [-0.1, -0.05) is 51.1 Å². The van der Waals surface area contributed by atoms with Crippen molar-refractivity contribution in [3.05, 3.63) is 75.5 Å². The van der Waals surface area contributed by atoms with Gasteiger partial charge in [0.1, 0.15) is 11.2 Å². The van der Waals surface area contributed by atoms with Gasteiger partial charge in [0.2, 0.25) is 0 Å². The van der Waals surface area contributed by atoms with Crippen molar-refractivity contribution in [3.8, 4) is 5.75 Å². The quantitative estimate of drug-likeness (QED) is 0.211. The van der Waals surface area contributed by atoms with Crippen LogP contribution in [0.2, 0.25) is 0 Å². The normalized spacial score (nSPS) is 24.5. The molecule has 2 aliphatic rings. The van der Waals surface area contributed by atoms with Crippen molar-refractivity contribution in [3.63, 3.8) is 0 Å². The molecule has 0 amide bonds. The minimum Gasteiger partial charge on any atom is -0.425 e. The maximum absolute atomic E-state index is 14.1. The average Bonchev–Trinajstić information content (AvgIpc) is 3.10. The third kappa shape index (κ3) is 2.51. The van der Waals surface area contributed by atoms with Gasteiger partial charge in [-0.2, -0.15) is 0 Å². The van der Waals surface area contributed by atoms with Crippen LogP contribution in [0.4, 0.5) is 0 Å². The smallest absolute Gasteiger partial charge is 0.324 e. The summed E-state index contributed by atoms with van der Waals surface area (Å²) >= 11 is 3.68. The summed E-state index contributed by atoms with van der Waals surface area (Å²) < 4.78 is 6.99. The van der Waals surface area contributed by atoms with E-state index >= 15 is 0 Å². The van der Waals surface area contributed by atoms with Crippen LogP contribution in [0, 0.1) is 19.3 Å². The second-order valence-corrected chi connectivity index (χ2v) is 11.5. The first-order chi connectivity index (χ1) is 16.1. The number of aryl methyl sites for hydroxylation is 2. The molecule has 0 radical (unpaired) electrons. The molecule has 0 N–H and O–H groups in total. The third-order valence-electron chi connectivity index (χ3n) is 9.03. The van der Waals surface area contributed by atoms with Crippen molar-refractivity contribution in [2.45, 2.75) is 58.3 Å². The highest BCUT2D eigenvalue weighted by atomic mass is 79.9. The number of benzene rings is 3. The fourth-order valence-corrected chi connectivity index (χ4v) is 6.86. The molecule has 2 bridgehead atoms. The van der Waals surface area contributed by atoms with Crippen molar-refractivity contribution in [1.82, 2.24) is 9.97 Å². The number of rotatable bonds is 2. The standard InChI is InChI=1S/C29H27BrN2O2/c1-16-14-20-21(15-17(16)2)32-25-24(31-20)28(5)12-13-29(25,27(28,3)4)26(33)34-22-11-10-18-8-6-7-9-19(18)23(22)30/h6-11,14-15H,12-13H2,1-5H3. The van der Waals surface area contributed by atoms with Crippen LogP contribution in [0.15, 0.2) is 53.0 Å². The van der Waals surface area contributed by atoms with Crippen molar-refractivity contribution in [1.29, 1.82) is 0 Å². The van der Waals surface area contributed by atoms with Gasteiger partial charge in [-0.05, 0) is 88.1 Å². The molecule has 6 rings (SSSR count). The number of halogens is 1. The minimum absolute atomic E-state index is 0.242. The number of hydrogen-bond acceptors (Lipinski definition) is 4. The highest BCUT2D eigenvalue weighted by molar-refractivity contribution is 9.10. The molecule has 2 unspecified atom stereocenters. The van der Waals surface area contributed by atoms with Crippen molar-refractivity contribution < 1.29 is 9.53 Å². The molecule has 1 heterocycles. The molecule has 4 nitrogen and oxygen atoms in total. The maximum Gasteiger partial charge on any atom is 0.324 e. The Hall–Kier alpha value is -2.79. The van der Waals surface area contributed by atoms with Crippen LogP contribution in [0.3, 0.4) is 0 Å². The molecule has 1 aromatic heterocycles. The number of ether oxygens (including phenoxy) is 1. The van der Waals surface area contributed by atoms with Crippen molar-refractivity contribution in [2.24, 2.45) is 5.41 Å². The van der Waals surface area contributed by atoms with Gasteiger partial charge in [-0.25, -0.2) is 9.97 Å². The average molecular weight is 515 g/mol. The van der Waals surface area contributed by atoms with Crippen LogP contribution >= 0.6 is 15.9 Å². The number of carbonyl (C=O) groups excluding carboxylic acids is 1. The molecule has 5 heteroatoms. The van der Waals surface area contributed by atoms with E-state index in [0.717, 1.165) is 44.1 Å². The van der Waals surface area contributed by atoms with Gasteiger partial charge in [0.25, 0.3) is 0 Å². The molecule has 2 atom stereocenters. The Bertz CT molecular complexity index is 1540. The molecule has 0 saturated heterocycles. The molecule has 4 aromatic rings. The zero-order valence-electron chi connectivity index (χ0n) is 20.1. The van der Waals surface area contributed by atoms with Crippen LogP contribution in [0.1, 0.15) is 56.1 Å². The second-order valence-electron chi connectivity index (χ2n) is 10.7. The molecule has 2 aliphatic carbocycles. The van der Waals surface area contributed by atoms with Gasteiger partial charge in [0.05, 0.1) is 26.9 Å². The van der Waals surface area contributed by atoms with Gasteiger partial charge < -0.3 is 4.74 Å². The first-order valence-corrected chi connectivity index (χ1v) is 12.6. The molecule has 3 aromatic carbocycles. The lowest BCUT2D eigenvalue weighted by atomic mass is 9.64. The first-order valence-electron chi connectivity index (χ1n) is 11.8. The molecule has 0 aliphatic heterocycles. The Morgan fingerprint density at radius 3 is 2.26 bits per heavy atom. The lowest BCUT2D eigenvalue weighted by molar-refractivity contribution is -0.145. The summed E-state index contributed by atoms with van der Waals surface area (Å²) in [5.74, 6) is 0.296. The summed E-state index contributed by atoms with van der Waals surface area (Å²) in [5.41, 5.74) is 4.38. The second kappa shape index (κ2) is 6.88. The number of hydrogen-bond donors (Lipinski definition) is 0. The summed E-state index contributed by atoms with van der Waals surface area (Å²) in [6.07, 6.45) is 1.59. The number of fused-ring (bicyclic) bond motifs is 7. The fourth-order valence-electron chi connectivity index (χ4n) is 6.29. The minimum atomic E-state index is -0.845. The summed E-state index contributed by atoms with van der Waals surface area (Å²) in [6, 6.07) is 16.1. The van der Waals surface area contributed by atoms with E-state index in [9.17, 15) is 4.79 Å². The summed E-state index contributed by atoms with van der Waals surface area (Å²) in [6.45, 7) is 10.8. The van der Waals surface area contributed by atoms with Crippen molar-refractivity contribution >= 4 is 43.7 Å². The van der Waals surface area contributed by atoms with E-state index in [4.69, 9.17) is 14.7 Å². The Kier molecular flexibility index (Phi) is 4.40. The molecule has 1 fully saturated rings. The Morgan fingerprint density at radius 1 is 0.912 bits per heavy atom. The van der Waals surface area contributed by atoms with E-state index in [2.05, 4.69) is 62.7 Å². The van der Waals surface area contributed by atoms with E-state index < -0.39 is 5.41 Å². The number of aromatic nitrogens is 2. The van der Waals surface area contributed by atoms with Gasteiger partial charge in [-0.15, -0.1) is 0 Å². The first kappa shape index (κ1) is 21.7. The molecule has 0 spiro atoms. The number of carbonyl (C=O) groups is 1. The highest BCUT2D eigenvalue weighted by Gasteiger charge is 2.74. The Labute approximate surface area is 207 Å². The lowest BCUT2D eigenvalue weighted by Gasteiger charge is -2.38. The molecule has 34 heavy (non-hydrogen) atoms. The molecule has 1 saturated carbocycles. The van der Waals surface area contributed by atoms with E-state index in [1.54, 1.807) is 0 Å². The Balaban J connectivity index is 1.52. The number of nitrogens with zero attached hydrogens (tertiary/aromatic N) is 2. The van der Waals surface area contributed by atoms with Gasteiger partial charge in [0, 0.05) is 5.41 Å². The molecule has 172 valence electrons. The van der Waals surface area contributed by atoms with Crippen LogP contribution in [-0.4, -0.2) is 15.9 Å². The van der Waals surface area contributed by atoms with Gasteiger partial charge in [0.15, 0.2) is 0 Å². The number of esters is 1. The summed E-state index contributed by atoms with van der Waals surface area (Å²) in [4.78, 5) is 24.4. The van der Waals surface area contributed by atoms with E-state index in [-0.39, 0.29) is 16.8 Å². The SMILES string of the molecule is Cc1cc2nc3c(nc2cc1C)C1(C(=O)Oc2ccc4ccccc4c2Br)CCC3(C)C1(C)C. The topological polar surface area (TPSA) is 52.1 Å². The fraction of sp³-hybridized carbons (Fsp3) is 0.345. The van der Waals surface area contributed by atoms with Crippen LogP contribution in [0.25, 0.3) is 21.8 Å². The zero-order valence-corrected chi connectivity index (χ0v) is 21.7. The maximum atomic E-state index is 14.1. The highest BCUT2D eigenvalue weighted by Crippen LogP contribution is 2.70. The van der Waals surface area contributed by atoms with Gasteiger partial charge >= 0.3 is 5.97 Å². The zero-order chi connectivity index (χ0) is 24.0. The summed E-state index contributed by atoms with van der Waals surface area (Å²) in [7, 11) is 0. The van der Waals surface area contributed by atoms with Crippen LogP contribution in [0.5, 0.6) is 5.75 Å².